The van der Waals surface area contributed by atoms with Gasteiger partial charge in [-0.15, -0.1) is 0 Å². The molecule has 0 saturated carbocycles. The smallest absolute Gasteiger partial charge is 0.205 e. The Labute approximate surface area is 121 Å². The van der Waals surface area contributed by atoms with E-state index in [9.17, 15) is 4.39 Å². The number of fused-ring (bicyclic) bond motifs is 1. The largest absolute Gasteiger partial charge is 0.369 e. The number of hydrogen-bond acceptors (Lipinski definition) is 2. The predicted molar refractivity (Wildman–Crippen MR) is 78.2 cm³/mol. The number of benzene rings is 2. The Balaban J connectivity index is 2.31. The molecule has 0 bridgehead atoms. The van der Waals surface area contributed by atoms with Crippen LogP contribution < -0.4 is 5.73 Å². The minimum Gasteiger partial charge on any atom is -0.369 e. The van der Waals surface area contributed by atoms with Gasteiger partial charge in [0.2, 0.25) is 5.95 Å². The Morgan fingerprint density at radius 2 is 2.00 bits per heavy atom. The van der Waals surface area contributed by atoms with Crippen molar-refractivity contribution in [3.8, 4) is 5.69 Å². The highest BCUT2D eigenvalue weighted by Gasteiger charge is 2.11. The van der Waals surface area contributed by atoms with Crippen LogP contribution in [0.15, 0.2) is 40.9 Å². The van der Waals surface area contributed by atoms with Crippen molar-refractivity contribution in [2.45, 2.75) is 0 Å². The van der Waals surface area contributed by atoms with Crippen LogP contribution in [0.4, 0.5) is 10.3 Å². The average molecular weight is 341 g/mol. The third-order valence-corrected chi connectivity index (χ3v) is 3.65. The van der Waals surface area contributed by atoms with Crippen LogP contribution in [0.2, 0.25) is 5.02 Å². The Morgan fingerprint density at radius 1 is 1.21 bits per heavy atom. The summed E-state index contributed by atoms with van der Waals surface area (Å²) in [5, 5.41) is 0.592. The van der Waals surface area contributed by atoms with Crippen LogP contribution in [0.5, 0.6) is 0 Å². The van der Waals surface area contributed by atoms with Crippen molar-refractivity contribution in [1.82, 2.24) is 9.55 Å². The monoisotopic (exact) mass is 339 g/mol. The molecule has 0 amide bonds. The van der Waals surface area contributed by atoms with Crippen LogP contribution in [0.3, 0.4) is 0 Å². The number of halogens is 3. The molecular formula is C13H8BrClFN3. The van der Waals surface area contributed by atoms with Gasteiger partial charge in [0, 0.05) is 5.02 Å². The fraction of sp³-hybridized carbons (Fsp3) is 0. The number of nitrogens with zero attached hydrogens (tertiary/aromatic N) is 2. The molecular weight excluding hydrogens is 333 g/mol. The van der Waals surface area contributed by atoms with E-state index in [0.717, 1.165) is 16.7 Å². The third kappa shape index (κ3) is 2.09. The fourth-order valence-corrected chi connectivity index (χ4v) is 2.50. The molecule has 6 heteroatoms. The average Bonchev–Trinajstić information content (AvgIpc) is 2.68. The van der Waals surface area contributed by atoms with Gasteiger partial charge in [-0.25, -0.2) is 9.37 Å². The maximum Gasteiger partial charge on any atom is 0.205 e. The van der Waals surface area contributed by atoms with Crippen LogP contribution in [0, 0.1) is 5.82 Å². The normalized spacial score (nSPS) is 11.1. The van der Waals surface area contributed by atoms with Crippen molar-refractivity contribution in [3.63, 3.8) is 0 Å². The van der Waals surface area contributed by atoms with E-state index in [1.807, 2.05) is 0 Å². The molecule has 1 heterocycles. The summed E-state index contributed by atoms with van der Waals surface area (Å²) in [4.78, 5) is 4.26. The van der Waals surface area contributed by atoms with Crippen molar-refractivity contribution in [2.75, 3.05) is 5.73 Å². The molecule has 0 aliphatic carbocycles. The lowest BCUT2D eigenvalue weighted by atomic mass is 10.2. The first-order chi connectivity index (χ1) is 9.06. The number of hydrogen-bond donors (Lipinski definition) is 1. The van der Waals surface area contributed by atoms with Crippen molar-refractivity contribution >= 4 is 44.5 Å². The maximum atomic E-state index is 13.3. The van der Waals surface area contributed by atoms with Gasteiger partial charge in [0.25, 0.3) is 0 Å². The molecule has 3 nitrogen and oxygen atoms in total. The lowest BCUT2D eigenvalue weighted by Crippen LogP contribution is -2.00. The number of imidazole rings is 1. The van der Waals surface area contributed by atoms with E-state index >= 15 is 0 Å². The molecule has 0 unspecified atom stereocenters. The topological polar surface area (TPSA) is 43.8 Å². The van der Waals surface area contributed by atoms with Gasteiger partial charge in [0.15, 0.2) is 0 Å². The van der Waals surface area contributed by atoms with E-state index in [1.54, 1.807) is 34.9 Å². The summed E-state index contributed by atoms with van der Waals surface area (Å²) >= 11 is 9.15. The quantitative estimate of drug-likeness (QED) is 0.723. The Morgan fingerprint density at radius 3 is 2.74 bits per heavy atom. The summed E-state index contributed by atoms with van der Waals surface area (Å²) in [5.74, 6) is 0.000509. The summed E-state index contributed by atoms with van der Waals surface area (Å²) in [6.07, 6.45) is 0. The molecule has 19 heavy (non-hydrogen) atoms. The van der Waals surface area contributed by atoms with Crippen LogP contribution in [0.25, 0.3) is 16.7 Å². The molecule has 0 radical (unpaired) electrons. The first-order valence-electron chi connectivity index (χ1n) is 5.45. The number of rotatable bonds is 1. The molecule has 0 aliphatic heterocycles. The summed E-state index contributed by atoms with van der Waals surface area (Å²) in [6.45, 7) is 0. The summed E-state index contributed by atoms with van der Waals surface area (Å²) in [7, 11) is 0. The van der Waals surface area contributed by atoms with Gasteiger partial charge < -0.3 is 5.73 Å². The Kier molecular flexibility index (Phi) is 2.95. The minimum atomic E-state index is -0.329. The zero-order valence-electron chi connectivity index (χ0n) is 9.57. The van der Waals surface area contributed by atoms with Gasteiger partial charge in [-0.3, -0.25) is 4.57 Å². The van der Waals surface area contributed by atoms with Crippen LogP contribution >= 0.6 is 27.5 Å². The van der Waals surface area contributed by atoms with E-state index in [-0.39, 0.29) is 5.82 Å². The number of anilines is 1. The molecule has 1 aromatic heterocycles. The zero-order chi connectivity index (χ0) is 13.6. The maximum absolute atomic E-state index is 13.3. The lowest BCUT2D eigenvalue weighted by molar-refractivity contribution is 0.620. The summed E-state index contributed by atoms with van der Waals surface area (Å²) < 4.78 is 15.4. The predicted octanol–water partition coefficient (Wildman–Crippen LogP) is 4.16. The number of nitrogen functional groups attached to an aromatic ring is 1. The molecule has 96 valence electrons. The van der Waals surface area contributed by atoms with Crippen LogP contribution in [-0.4, -0.2) is 9.55 Å². The van der Waals surface area contributed by atoms with Gasteiger partial charge in [0.1, 0.15) is 5.82 Å². The molecule has 3 rings (SSSR count). The molecule has 0 fully saturated rings. The SMILES string of the molecule is Nc1nc2ccc(Cl)cc2n1-c1ccc(F)c(Br)c1. The third-order valence-electron chi connectivity index (χ3n) is 2.80. The highest BCUT2D eigenvalue weighted by atomic mass is 79.9. The number of aromatic nitrogens is 2. The van der Waals surface area contributed by atoms with Crippen molar-refractivity contribution in [3.05, 3.63) is 51.7 Å². The molecule has 0 aliphatic rings. The first kappa shape index (κ1) is 12.4. The minimum absolute atomic E-state index is 0.329. The van der Waals surface area contributed by atoms with Crippen LogP contribution in [-0.2, 0) is 0 Å². The molecule has 0 atom stereocenters. The Bertz CT molecular complexity index is 785. The van der Waals surface area contributed by atoms with Gasteiger partial charge in [-0.05, 0) is 52.3 Å². The molecule has 2 N–H and O–H groups in total. The standard InChI is InChI=1S/C13H8BrClFN3/c14-9-6-8(2-3-10(9)16)19-12-5-7(15)1-4-11(12)18-13(19)17/h1-6H,(H2,17,18). The second kappa shape index (κ2) is 4.51. The van der Waals surface area contributed by atoms with Crippen LogP contribution in [0.1, 0.15) is 0 Å². The second-order valence-electron chi connectivity index (χ2n) is 4.04. The molecule has 2 aromatic carbocycles. The van der Waals surface area contributed by atoms with Gasteiger partial charge in [-0.1, -0.05) is 11.6 Å². The summed E-state index contributed by atoms with van der Waals surface area (Å²) in [6, 6.07) is 9.98. The Hall–Kier alpha value is -1.59. The molecule has 0 saturated heterocycles. The number of nitrogens with two attached hydrogens (primary N) is 1. The van der Waals surface area contributed by atoms with E-state index in [4.69, 9.17) is 17.3 Å². The van der Waals surface area contributed by atoms with E-state index < -0.39 is 0 Å². The van der Waals surface area contributed by atoms with Gasteiger partial charge >= 0.3 is 0 Å². The highest BCUT2D eigenvalue weighted by Crippen LogP contribution is 2.27. The lowest BCUT2D eigenvalue weighted by Gasteiger charge is -2.07. The van der Waals surface area contributed by atoms with Crippen molar-refractivity contribution < 1.29 is 4.39 Å². The van der Waals surface area contributed by atoms with E-state index in [0.29, 0.717) is 15.4 Å². The first-order valence-corrected chi connectivity index (χ1v) is 6.62. The van der Waals surface area contributed by atoms with Gasteiger partial charge in [-0.2, -0.15) is 0 Å². The van der Waals surface area contributed by atoms with Crippen molar-refractivity contribution in [2.24, 2.45) is 0 Å². The molecule has 0 spiro atoms. The second-order valence-corrected chi connectivity index (χ2v) is 5.33. The van der Waals surface area contributed by atoms with Gasteiger partial charge in [0.05, 0.1) is 21.2 Å². The van der Waals surface area contributed by atoms with E-state index in [1.165, 1.54) is 6.07 Å². The zero-order valence-corrected chi connectivity index (χ0v) is 11.9. The summed E-state index contributed by atoms with van der Waals surface area (Å²) in [5.41, 5.74) is 8.16. The fourth-order valence-electron chi connectivity index (χ4n) is 1.96. The highest BCUT2D eigenvalue weighted by molar-refractivity contribution is 9.10. The van der Waals surface area contributed by atoms with E-state index in [2.05, 4.69) is 20.9 Å². The van der Waals surface area contributed by atoms with Crippen molar-refractivity contribution in [1.29, 1.82) is 0 Å². The molecule has 3 aromatic rings.